The van der Waals surface area contributed by atoms with Crippen molar-refractivity contribution in [3.8, 4) is 0 Å². The Hall–Kier alpha value is -1.53. The second kappa shape index (κ2) is 6.76. The molecule has 0 saturated carbocycles. The van der Waals surface area contributed by atoms with Gasteiger partial charge in [-0.2, -0.15) is 8.42 Å². The molecule has 0 aliphatic carbocycles. The topological polar surface area (TPSA) is 66.5 Å². The summed E-state index contributed by atoms with van der Waals surface area (Å²) in [6, 6.07) is 12.2. The molecule has 4 nitrogen and oxygen atoms in total. The van der Waals surface area contributed by atoms with Crippen molar-refractivity contribution in [2.45, 2.75) is 24.3 Å². The van der Waals surface area contributed by atoms with Gasteiger partial charge >= 0.3 is 10.0 Å². The first-order chi connectivity index (χ1) is 11.4. The summed E-state index contributed by atoms with van der Waals surface area (Å²) < 4.78 is 26.4. The second-order valence-corrected chi connectivity index (χ2v) is 8.45. The monoisotopic (exact) mass is 383 g/mol. The number of rotatable bonds is 5. The van der Waals surface area contributed by atoms with E-state index in [-0.39, 0.29) is 16.0 Å². The molecule has 7 heteroatoms. The molecule has 1 heterocycles. The Labute approximate surface area is 150 Å². The Morgan fingerprint density at radius 3 is 2.62 bits per heavy atom. The fraction of sp³-hybridized carbons (Fsp3) is 0.176. The van der Waals surface area contributed by atoms with E-state index >= 15 is 0 Å². The van der Waals surface area contributed by atoms with Crippen LogP contribution in [0.3, 0.4) is 0 Å². The summed E-state index contributed by atoms with van der Waals surface area (Å²) in [5, 5.41) is 1.68. The van der Waals surface area contributed by atoms with Gasteiger partial charge in [0.2, 0.25) is 0 Å². The molecule has 0 spiro atoms. The van der Waals surface area contributed by atoms with Crippen LogP contribution in [-0.2, 0) is 16.4 Å². The van der Waals surface area contributed by atoms with Crippen molar-refractivity contribution in [2.24, 2.45) is 0 Å². The first kappa shape index (κ1) is 17.3. The highest BCUT2D eigenvalue weighted by molar-refractivity contribution is 7.84. The van der Waals surface area contributed by atoms with E-state index in [1.54, 1.807) is 0 Å². The first-order valence-corrected chi connectivity index (χ1v) is 9.77. The number of aromatic nitrogens is 1. The van der Waals surface area contributed by atoms with Crippen molar-refractivity contribution < 1.29 is 13.1 Å². The molecule has 24 heavy (non-hydrogen) atoms. The van der Waals surface area contributed by atoms with Gasteiger partial charge in [0.25, 0.3) is 0 Å². The Morgan fingerprint density at radius 2 is 1.88 bits per heavy atom. The van der Waals surface area contributed by atoms with Gasteiger partial charge in [-0.1, -0.05) is 41.4 Å². The lowest BCUT2D eigenvalue weighted by Crippen LogP contribution is -2.92. The maximum absolute atomic E-state index is 12.5. The molecule has 126 valence electrons. The predicted molar refractivity (Wildman–Crippen MR) is 97.0 cm³/mol. The second-order valence-electron chi connectivity index (χ2n) is 5.80. The van der Waals surface area contributed by atoms with Crippen LogP contribution >= 0.6 is 23.2 Å². The van der Waals surface area contributed by atoms with Crippen LogP contribution < -0.4 is 4.72 Å². The summed E-state index contributed by atoms with van der Waals surface area (Å²) in [4.78, 5) is 3.36. The van der Waals surface area contributed by atoms with Gasteiger partial charge in [0, 0.05) is 23.5 Å². The molecule has 0 aliphatic rings. The number of H-pyrrole nitrogens is 1. The molecule has 0 saturated heterocycles. The van der Waals surface area contributed by atoms with E-state index in [0.29, 0.717) is 11.4 Å². The van der Waals surface area contributed by atoms with Crippen LogP contribution in [0.4, 0.5) is 0 Å². The number of benzene rings is 2. The minimum absolute atomic E-state index is 0.149. The molecule has 1 aromatic heterocycles. The number of halogens is 2. The molecule has 3 aromatic rings. The summed E-state index contributed by atoms with van der Waals surface area (Å²) in [5.74, 6) is 0. The lowest BCUT2D eigenvalue weighted by atomic mass is 10.1. The van der Waals surface area contributed by atoms with Crippen molar-refractivity contribution >= 4 is 44.1 Å². The fourth-order valence-electron chi connectivity index (χ4n) is 2.73. The smallest absolute Gasteiger partial charge is 0.324 e. The van der Waals surface area contributed by atoms with E-state index in [4.69, 9.17) is 23.2 Å². The normalized spacial score (nSPS) is 13.3. The van der Waals surface area contributed by atoms with Crippen molar-refractivity contribution in [1.82, 2.24) is 4.98 Å². The van der Waals surface area contributed by atoms with E-state index in [1.807, 2.05) is 37.4 Å². The molecular formula is C17H17Cl2N2O2S+. The molecule has 3 rings (SSSR count). The number of sulfonamides is 1. The van der Waals surface area contributed by atoms with Gasteiger partial charge in [-0.25, -0.2) is 4.72 Å². The summed E-state index contributed by atoms with van der Waals surface area (Å²) in [6.07, 6.45) is 2.56. The van der Waals surface area contributed by atoms with Crippen LogP contribution in [0, 0.1) is 0 Å². The molecule has 0 bridgehead atoms. The molecule has 1 unspecified atom stereocenters. The maximum atomic E-state index is 12.5. The molecule has 1 atom stereocenters. The van der Waals surface area contributed by atoms with Crippen molar-refractivity contribution in [3.05, 3.63) is 64.3 Å². The van der Waals surface area contributed by atoms with E-state index in [9.17, 15) is 8.42 Å². The maximum Gasteiger partial charge on any atom is 0.324 e. The fourth-order valence-corrected chi connectivity index (χ4v) is 4.50. The number of quaternary nitrogens is 1. The van der Waals surface area contributed by atoms with Gasteiger partial charge in [0.15, 0.2) is 0 Å². The Morgan fingerprint density at radius 1 is 1.12 bits per heavy atom. The van der Waals surface area contributed by atoms with Crippen molar-refractivity contribution in [2.75, 3.05) is 0 Å². The standard InChI is InChI=1S/C17H16Cl2N2O2S/c1-11(8-12-10-20-17-5-3-2-4-14(12)17)21-24(22,23)13-6-7-15(18)16(19)9-13/h2-7,9-11,20-21H,8H2,1H3/p+1. The molecule has 0 fully saturated rings. The van der Waals surface area contributed by atoms with Crippen LogP contribution in [0.2, 0.25) is 10.0 Å². The largest absolute Gasteiger partial charge is 0.361 e. The minimum Gasteiger partial charge on any atom is -0.361 e. The van der Waals surface area contributed by atoms with Crippen LogP contribution in [0.1, 0.15) is 12.5 Å². The molecule has 0 radical (unpaired) electrons. The first-order valence-electron chi connectivity index (χ1n) is 7.47. The number of primary sulfonamides is 1. The highest BCUT2D eigenvalue weighted by Crippen LogP contribution is 2.24. The molecule has 2 aromatic carbocycles. The number of hydrogen-bond donors (Lipinski definition) is 2. The van der Waals surface area contributed by atoms with Crippen LogP contribution in [-0.4, -0.2) is 19.4 Å². The number of hydrogen-bond acceptors (Lipinski definition) is 2. The third-order valence-electron chi connectivity index (χ3n) is 3.85. The van der Waals surface area contributed by atoms with Gasteiger partial charge in [0.05, 0.1) is 10.0 Å². The van der Waals surface area contributed by atoms with Gasteiger partial charge in [0.1, 0.15) is 10.9 Å². The molecular weight excluding hydrogens is 367 g/mol. The quantitative estimate of drug-likeness (QED) is 0.709. The third-order valence-corrected chi connectivity index (χ3v) is 6.32. The van der Waals surface area contributed by atoms with Gasteiger partial charge in [-0.05, 0) is 36.8 Å². The van der Waals surface area contributed by atoms with E-state index in [1.165, 1.54) is 22.9 Å². The number of fused-ring (bicyclic) bond motifs is 1. The molecule has 3 N–H and O–H groups in total. The minimum atomic E-state index is -3.53. The molecule has 0 aliphatic heterocycles. The average molecular weight is 384 g/mol. The van der Waals surface area contributed by atoms with E-state index < -0.39 is 10.0 Å². The number of nitrogens with one attached hydrogen (secondary N) is 1. The zero-order valence-electron chi connectivity index (χ0n) is 13.0. The lowest BCUT2D eigenvalue weighted by Gasteiger charge is -2.11. The summed E-state index contributed by atoms with van der Waals surface area (Å²) in [5.41, 5.74) is 2.14. The van der Waals surface area contributed by atoms with Gasteiger partial charge < -0.3 is 4.98 Å². The number of aromatic amines is 1. The van der Waals surface area contributed by atoms with Crippen LogP contribution in [0.5, 0.6) is 0 Å². The number of nitrogens with two attached hydrogens (primary N) is 1. The summed E-state index contributed by atoms with van der Waals surface area (Å²) >= 11 is 11.8. The van der Waals surface area contributed by atoms with E-state index in [2.05, 4.69) is 4.98 Å². The Bertz CT molecular complexity index is 983. The highest BCUT2D eigenvalue weighted by atomic mass is 35.5. The van der Waals surface area contributed by atoms with Gasteiger partial charge in [-0.15, -0.1) is 0 Å². The lowest BCUT2D eigenvalue weighted by molar-refractivity contribution is -0.535. The summed E-state index contributed by atoms with van der Waals surface area (Å²) in [6.45, 7) is 1.89. The average Bonchev–Trinajstić information content (AvgIpc) is 2.92. The zero-order chi connectivity index (χ0) is 17.3. The van der Waals surface area contributed by atoms with E-state index in [0.717, 1.165) is 16.5 Å². The highest BCUT2D eigenvalue weighted by Gasteiger charge is 2.23. The predicted octanol–water partition coefficient (Wildman–Crippen LogP) is 3.36. The number of para-hydroxylation sites is 1. The van der Waals surface area contributed by atoms with Crippen molar-refractivity contribution in [1.29, 1.82) is 0 Å². The Kier molecular flexibility index (Phi) is 4.88. The van der Waals surface area contributed by atoms with Gasteiger partial charge in [-0.3, -0.25) is 0 Å². The summed E-state index contributed by atoms with van der Waals surface area (Å²) in [7, 11) is -3.53. The van der Waals surface area contributed by atoms with Crippen molar-refractivity contribution in [3.63, 3.8) is 0 Å². The van der Waals surface area contributed by atoms with Crippen LogP contribution in [0.15, 0.2) is 53.6 Å². The molecule has 0 amide bonds. The SMILES string of the molecule is CC(Cc1c[nH]c2ccccc12)[NH2+]S(=O)(=O)c1ccc(Cl)c(Cl)c1. The zero-order valence-corrected chi connectivity index (χ0v) is 15.3. The Balaban J connectivity index is 1.78. The van der Waals surface area contributed by atoms with Crippen LogP contribution in [0.25, 0.3) is 10.9 Å². The third kappa shape index (κ3) is 3.59.